The second kappa shape index (κ2) is 8.83. The number of halogens is 5. The predicted octanol–water partition coefficient (Wildman–Crippen LogP) is 4.00. The molecule has 1 aromatic carbocycles. The van der Waals surface area contributed by atoms with Gasteiger partial charge >= 0.3 is 6.18 Å². The van der Waals surface area contributed by atoms with Crippen molar-refractivity contribution in [3.63, 3.8) is 0 Å². The Hall–Kier alpha value is -2.95. The second-order valence-electron chi connectivity index (χ2n) is 5.38. The Kier molecular flexibility index (Phi) is 6.73. The third-order valence-electron chi connectivity index (χ3n) is 3.37. The van der Waals surface area contributed by atoms with Gasteiger partial charge in [-0.05, 0) is 18.6 Å². The van der Waals surface area contributed by atoms with Crippen LogP contribution >= 0.6 is 11.6 Å². The Morgan fingerprint density at radius 2 is 2.04 bits per heavy atom. The molecule has 1 amide bonds. The van der Waals surface area contributed by atoms with E-state index in [4.69, 9.17) is 16.3 Å². The zero-order valence-corrected chi connectivity index (χ0v) is 14.7. The molecule has 1 N–H and O–H groups in total. The fraction of sp³-hybridized carbons (Fsp3) is 0.250. The predicted molar refractivity (Wildman–Crippen MR) is 89.7 cm³/mol. The molecule has 2 rings (SSSR count). The highest BCUT2D eigenvalue weighted by Crippen LogP contribution is 2.36. The smallest absolute Gasteiger partial charge is 0.421 e. The molecule has 0 bridgehead atoms. The van der Waals surface area contributed by atoms with Gasteiger partial charge in [-0.15, -0.1) is 0 Å². The number of hydrogen-bond acceptors (Lipinski definition) is 5. The maximum absolute atomic E-state index is 13.6. The van der Waals surface area contributed by atoms with E-state index in [0.29, 0.717) is 6.07 Å². The minimum Gasteiger partial charge on any atom is -0.477 e. The molecule has 0 aliphatic carbocycles. The maximum atomic E-state index is 13.6. The van der Waals surface area contributed by atoms with E-state index in [9.17, 15) is 32.5 Å². The van der Waals surface area contributed by atoms with E-state index in [-0.39, 0.29) is 24.6 Å². The van der Waals surface area contributed by atoms with Crippen LogP contribution in [-0.2, 0) is 6.18 Å². The van der Waals surface area contributed by atoms with Gasteiger partial charge in [0.1, 0.15) is 11.4 Å². The molecule has 0 radical (unpaired) electrons. The van der Waals surface area contributed by atoms with Gasteiger partial charge in [-0.25, -0.2) is 9.37 Å². The van der Waals surface area contributed by atoms with Crippen molar-refractivity contribution in [2.24, 2.45) is 0 Å². The molecular weight excluding hydrogens is 410 g/mol. The second-order valence-corrected chi connectivity index (χ2v) is 5.82. The summed E-state index contributed by atoms with van der Waals surface area (Å²) >= 11 is 5.50. The molecule has 0 saturated heterocycles. The summed E-state index contributed by atoms with van der Waals surface area (Å²) in [7, 11) is 0. The number of nitrogens with zero attached hydrogens (tertiary/aromatic N) is 2. The van der Waals surface area contributed by atoms with E-state index in [0.717, 1.165) is 24.4 Å². The zero-order valence-electron chi connectivity index (χ0n) is 13.9. The molecule has 0 aliphatic heterocycles. The number of non-ortho nitro benzene ring substituents is 1. The summed E-state index contributed by atoms with van der Waals surface area (Å²) in [5.74, 6) is -2.51. The quantitative estimate of drug-likeness (QED) is 0.315. The van der Waals surface area contributed by atoms with E-state index in [2.05, 4.69) is 10.3 Å². The number of rotatable bonds is 7. The first-order valence-corrected chi connectivity index (χ1v) is 8.05. The lowest BCUT2D eigenvalue weighted by Crippen LogP contribution is -2.26. The van der Waals surface area contributed by atoms with Crippen LogP contribution < -0.4 is 10.1 Å². The number of carbonyl (C=O) groups is 1. The van der Waals surface area contributed by atoms with Gasteiger partial charge in [-0.3, -0.25) is 14.9 Å². The van der Waals surface area contributed by atoms with E-state index < -0.39 is 45.5 Å². The lowest BCUT2D eigenvalue weighted by molar-refractivity contribution is -0.384. The topological polar surface area (TPSA) is 94.4 Å². The highest BCUT2D eigenvalue weighted by atomic mass is 35.5. The summed E-state index contributed by atoms with van der Waals surface area (Å²) in [5, 5.41) is 12.8. The van der Waals surface area contributed by atoms with Crippen LogP contribution in [-0.4, -0.2) is 29.0 Å². The van der Waals surface area contributed by atoms with Crippen LogP contribution in [0.4, 0.5) is 23.2 Å². The number of hydrogen-bond donors (Lipinski definition) is 1. The first kappa shape index (κ1) is 21.4. The van der Waals surface area contributed by atoms with Gasteiger partial charge in [0.2, 0.25) is 5.88 Å². The Balaban J connectivity index is 1.90. The van der Waals surface area contributed by atoms with Gasteiger partial charge in [0, 0.05) is 24.9 Å². The molecule has 0 unspecified atom stereocenters. The first-order valence-electron chi connectivity index (χ1n) is 7.67. The molecule has 0 saturated carbocycles. The highest BCUT2D eigenvalue weighted by molar-refractivity contribution is 6.30. The summed E-state index contributed by atoms with van der Waals surface area (Å²) < 4.78 is 57.3. The van der Waals surface area contributed by atoms with Crippen LogP contribution in [0.3, 0.4) is 0 Å². The SMILES string of the molecule is O=C(NCCCOc1ncc(Cl)cc1C(F)(F)F)c1cc([N+](=O)[O-])ccc1F. The van der Waals surface area contributed by atoms with Crippen LogP contribution in [0.15, 0.2) is 30.5 Å². The fourth-order valence-corrected chi connectivity index (χ4v) is 2.24. The highest BCUT2D eigenvalue weighted by Gasteiger charge is 2.35. The van der Waals surface area contributed by atoms with Crippen molar-refractivity contribution in [3.8, 4) is 5.88 Å². The summed E-state index contributed by atoms with van der Waals surface area (Å²) in [6.07, 6.45) is -3.64. The average Bonchev–Trinajstić information content (AvgIpc) is 2.61. The van der Waals surface area contributed by atoms with E-state index in [1.807, 2.05) is 0 Å². The first-order chi connectivity index (χ1) is 13.1. The van der Waals surface area contributed by atoms with Gasteiger partial charge in [0.25, 0.3) is 11.6 Å². The molecule has 7 nitrogen and oxygen atoms in total. The standard InChI is InChI=1S/C16H12ClF4N3O4/c17-9-6-12(16(19,20)21)15(23-8-9)28-5-1-4-22-14(25)11-7-10(24(26)27)2-3-13(11)18/h2-3,6-8H,1,4-5H2,(H,22,25). The van der Waals surface area contributed by atoms with Gasteiger partial charge in [-0.1, -0.05) is 11.6 Å². The van der Waals surface area contributed by atoms with Crippen molar-refractivity contribution in [2.75, 3.05) is 13.2 Å². The molecule has 12 heteroatoms. The minimum atomic E-state index is -4.71. The summed E-state index contributed by atoms with van der Waals surface area (Å²) in [6, 6.07) is 3.17. The Morgan fingerprint density at radius 1 is 1.32 bits per heavy atom. The Morgan fingerprint density at radius 3 is 2.68 bits per heavy atom. The summed E-state index contributed by atoms with van der Waals surface area (Å²) in [4.78, 5) is 25.3. The molecule has 150 valence electrons. The molecule has 1 aromatic heterocycles. The third kappa shape index (κ3) is 5.52. The third-order valence-corrected chi connectivity index (χ3v) is 3.58. The molecule has 28 heavy (non-hydrogen) atoms. The number of nitro benzene ring substituents is 1. The molecule has 0 fully saturated rings. The normalized spacial score (nSPS) is 11.2. The molecule has 0 aliphatic rings. The number of alkyl halides is 3. The van der Waals surface area contributed by atoms with Crippen LogP contribution in [0, 0.1) is 15.9 Å². The number of nitro groups is 1. The summed E-state index contributed by atoms with van der Waals surface area (Å²) in [6.45, 7) is -0.300. The molecular formula is C16H12ClF4N3O4. The lowest BCUT2D eigenvalue weighted by atomic mass is 10.1. The minimum absolute atomic E-state index is 0.0733. The van der Waals surface area contributed by atoms with Gasteiger partial charge in [0.15, 0.2) is 0 Å². The number of nitrogens with one attached hydrogen (secondary N) is 1. The molecule has 2 aromatic rings. The number of benzene rings is 1. The molecule has 0 atom stereocenters. The average molecular weight is 422 g/mol. The van der Waals surface area contributed by atoms with Gasteiger partial charge in [-0.2, -0.15) is 13.2 Å². The largest absolute Gasteiger partial charge is 0.477 e. The van der Waals surface area contributed by atoms with Crippen LogP contribution in [0.25, 0.3) is 0 Å². The van der Waals surface area contributed by atoms with Crippen molar-refractivity contribution in [1.29, 1.82) is 0 Å². The molecule has 0 spiro atoms. The number of amides is 1. The van der Waals surface area contributed by atoms with Crippen molar-refractivity contribution >= 4 is 23.2 Å². The number of ether oxygens (including phenoxy) is 1. The maximum Gasteiger partial charge on any atom is 0.421 e. The van der Waals surface area contributed by atoms with Crippen molar-refractivity contribution in [1.82, 2.24) is 10.3 Å². The monoisotopic (exact) mass is 421 g/mol. The fourth-order valence-electron chi connectivity index (χ4n) is 2.08. The van der Waals surface area contributed by atoms with Crippen molar-refractivity contribution in [2.45, 2.75) is 12.6 Å². The van der Waals surface area contributed by atoms with Gasteiger partial charge in [0.05, 0.1) is 22.1 Å². The van der Waals surface area contributed by atoms with E-state index in [1.54, 1.807) is 0 Å². The number of carbonyl (C=O) groups excluding carboxylic acids is 1. The lowest BCUT2D eigenvalue weighted by Gasteiger charge is -2.13. The van der Waals surface area contributed by atoms with Crippen molar-refractivity contribution in [3.05, 3.63) is 62.5 Å². The number of aromatic nitrogens is 1. The Bertz CT molecular complexity index is 893. The van der Waals surface area contributed by atoms with E-state index in [1.165, 1.54) is 0 Å². The summed E-state index contributed by atoms with van der Waals surface area (Å²) in [5.41, 5.74) is -2.11. The zero-order chi connectivity index (χ0) is 20.9. The van der Waals surface area contributed by atoms with Crippen LogP contribution in [0.2, 0.25) is 5.02 Å². The van der Waals surface area contributed by atoms with Crippen LogP contribution in [0.5, 0.6) is 5.88 Å². The van der Waals surface area contributed by atoms with Gasteiger partial charge < -0.3 is 10.1 Å². The van der Waals surface area contributed by atoms with Crippen LogP contribution in [0.1, 0.15) is 22.3 Å². The number of pyridine rings is 1. The van der Waals surface area contributed by atoms with E-state index >= 15 is 0 Å². The molecule has 1 heterocycles. The van der Waals surface area contributed by atoms with Crippen molar-refractivity contribution < 1.29 is 32.0 Å². The Labute approximate surface area is 160 Å².